The summed E-state index contributed by atoms with van der Waals surface area (Å²) in [6.07, 6.45) is 12.0. The van der Waals surface area contributed by atoms with E-state index in [0.717, 1.165) is 65.0 Å². The number of nitrogens with two attached hydrogens (primary N) is 1. The predicted molar refractivity (Wildman–Crippen MR) is 195 cm³/mol. The van der Waals surface area contributed by atoms with Crippen molar-refractivity contribution in [3.8, 4) is 16.2 Å². The number of aromatic nitrogens is 1. The Labute approximate surface area is 278 Å². The molecule has 1 aliphatic carbocycles. The normalized spacial score (nSPS) is 17.7. The zero-order valence-electron chi connectivity index (χ0n) is 26.6. The number of fused-ring (bicyclic) bond motifs is 1. The van der Waals surface area contributed by atoms with Crippen molar-refractivity contribution in [2.24, 2.45) is 5.14 Å². The molecule has 4 heterocycles. The first kappa shape index (κ1) is 33.3. The third kappa shape index (κ3) is 7.86. The molecule has 0 spiro atoms. The Kier molecular flexibility index (Phi) is 10.8. The second kappa shape index (κ2) is 14.6. The average molecular weight is 664 g/mol. The number of carbonyl (C=O) groups excluding carboxylic acids is 1. The van der Waals surface area contributed by atoms with Crippen LogP contribution in [0.5, 0.6) is 5.75 Å². The largest absolute Gasteiger partial charge is 0.497 e. The van der Waals surface area contributed by atoms with Crippen molar-refractivity contribution in [1.82, 2.24) is 19.9 Å². The van der Waals surface area contributed by atoms with Crippen molar-refractivity contribution in [1.29, 1.82) is 0 Å². The van der Waals surface area contributed by atoms with Gasteiger partial charge in [0.05, 0.1) is 18.2 Å². The van der Waals surface area contributed by atoms with E-state index < -0.39 is 15.9 Å². The lowest BCUT2D eigenvalue weighted by Gasteiger charge is -2.31. The number of likely N-dealkylation sites (N-methyl/N-ethyl adjacent to an activating group) is 1. The van der Waals surface area contributed by atoms with Gasteiger partial charge in [-0.15, -0.1) is 21.7 Å². The van der Waals surface area contributed by atoms with Crippen molar-refractivity contribution in [3.05, 3.63) is 94.6 Å². The predicted octanol–water partition coefficient (Wildman–Crippen LogP) is 7.17. The van der Waals surface area contributed by atoms with Gasteiger partial charge in [-0.05, 0) is 110 Å². The van der Waals surface area contributed by atoms with Gasteiger partial charge in [-0.2, -0.15) is 12.6 Å². The number of rotatable bonds is 8. The lowest BCUT2D eigenvalue weighted by atomic mass is 9.95. The maximum atomic E-state index is 13.5. The van der Waals surface area contributed by atoms with Crippen molar-refractivity contribution >= 4 is 51.2 Å². The van der Waals surface area contributed by atoms with Crippen LogP contribution in [0.4, 0.5) is 0 Å². The fourth-order valence-electron chi connectivity index (χ4n) is 5.69. The van der Waals surface area contributed by atoms with Gasteiger partial charge in [-0.3, -0.25) is 19.6 Å². The Morgan fingerprint density at radius 2 is 1.87 bits per heavy atom. The topological polar surface area (TPSA) is 92.5 Å². The van der Waals surface area contributed by atoms with Crippen molar-refractivity contribution in [2.75, 3.05) is 38.5 Å². The fraction of sp³-hybridized carbons (Fsp3) is 0.371. The minimum Gasteiger partial charge on any atom is -0.497 e. The van der Waals surface area contributed by atoms with Gasteiger partial charge in [-0.1, -0.05) is 12.1 Å². The quantitative estimate of drug-likeness (QED) is 0.150. The van der Waals surface area contributed by atoms with E-state index in [1.165, 1.54) is 22.6 Å². The number of benzene rings is 2. The van der Waals surface area contributed by atoms with Crippen LogP contribution in [0.2, 0.25) is 0 Å². The maximum Gasteiger partial charge on any atom is 0.252 e. The number of pyridine rings is 1. The van der Waals surface area contributed by atoms with Crippen LogP contribution < -0.4 is 19.9 Å². The number of hydrogen-bond acceptors (Lipinski definition) is 8. The molecule has 0 atom stereocenters. The van der Waals surface area contributed by atoms with E-state index in [2.05, 4.69) is 77.2 Å². The maximum absolute atomic E-state index is 13.5. The number of hydrogen-bond donors (Lipinski definition) is 4. The number of nitrogens with zero attached hydrogens (tertiary/aromatic N) is 2. The molecule has 0 radical (unpaired) electrons. The van der Waals surface area contributed by atoms with Crippen LogP contribution in [-0.2, 0) is 12.1 Å². The molecule has 2 aromatic carbocycles. The highest BCUT2D eigenvalue weighted by Gasteiger charge is 2.47. The summed E-state index contributed by atoms with van der Waals surface area (Å²) in [5.74, 6) is 2.85. The number of aryl methyl sites for hydroxylation is 1. The smallest absolute Gasteiger partial charge is 0.252 e. The molecule has 2 aliphatic heterocycles. The Balaban J connectivity index is 0.000000514. The highest BCUT2D eigenvalue weighted by molar-refractivity contribution is 8.30. The van der Waals surface area contributed by atoms with Crippen LogP contribution in [0.15, 0.2) is 73.1 Å². The van der Waals surface area contributed by atoms with Crippen molar-refractivity contribution in [3.63, 3.8) is 0 Å². The van der Waals surface area contributed by atoms with Crippen LogP contribution in [0.1, 0.15) is 52.0 Å². The van der Waals surface area contributed by atoms with Crippen molar-refractivity contribution < 1.29 is 9.53 Å². The van der Waals surface area contributed by atoms with Gasteiger partial charge in [0.2, 0.25) is 0 Å². The molecular weight excluding hydrogens is 619 g/mol. The minimum atomic E-state index is -1.15. The summed E-state index contributed by atoms with van der Waals surface area (Å²) >= 11 is 5.33. The SMILES string of the molecule is CN1C=CC1.COc1ccc(C)c(C(=O)NC2(c3cc(-c4ccc(CNS5(N)CCCC5)s4)cc4ncccc34)CC2)c1.CS. The molecule has 4 aromatic rings. The van der Waals surface area contributed by atoms with Gasteiger partial charge >= 0.3 is 0 Å². The summed E-state index contributed by atoms with van der Waals surface area (Å²) < 4.78 is 9.04. The molecule has 45 heavy (non-hydrogen) atoms. The number of nitrogens with one attached hydrogen (secondary N) is 2. The standard InChI is InChI=1S/C30H34N4O2S2.C4H7N.CH4S/c1-20-7-8-22(36-2)18-25(20)29(35)34-30(11-12-30)26-16-21(17-27-24(26)6-5-13-32-27)28-10-9-23(37-28)19-33-38(31)14-3-4-15-38;1-5-3-2-4-5;1-2/h5-10,13,16-18,33H,3-4,11-12,14-15,19,31H2,1-2H3,(H,34,35);2-3H,4H2,1H3;2H,1H3. The van der Waals surface area contributed by atoms with Gasteiger partial charge in [-0.25, -0.2) is 0 Å². The number of methoxy groups -OCH3 is 1. The van der Waals surface area contributed by atoms with Crippen LogP contribution >= 0.6 is 34.4 Å². The summed E-state index contributed by atoms with van der Waals surface area (Å²) in [5, 5.41) is 11.1. The van der Waals surface area contributed by atoms with Gasteiger partial charge in [0.15, 0.2) is 0 Å². The lowest BCUT2D eigenvalue weighted by Crippen LogP contribution is -2.35. The number of thiol groups is 1. The minimum absolute atomic E-state index is 0.0732. The van der Waals surface area contributed by atoms with Crippen LogP contribution in [-0.4, -0.2) is 54.3 Å². The summed E-state index contributed by atoms with van der Waals surface area (Å²) in [6.45, 7) is 3.91. The lowest BCUT2D eigenvalue weighted by molar-refractivity contribution is 0.0930. The fourth-order valence-corrected chi connectivity index (χ4v) is 9.09. The zero-order valence-corrected chi connectivity index (χ0v) is 29.2. The first-order valence-corrected chi connectivity index (χ1v) is 19.1. The molecule has 0 unspecified atom stereocenters. The first-order chi connectivity index (χ1) is 21.8. The zero-order chi connectivity index (χ0) is 32.0. The number of carbonyl (C=O) groups is 1. The van der Waals surface area contributed by atoms with E-state index in [1.54, 1.807) is 24.7 Å². The molecule has 1 saturated carbocycles. The summed E-state index contributed by atoms with van der Waals surface area (Å²) in [5.41, 5.74) is 4.39. The van der Waals surface area contributed by atoms with E-state index in [9.17, 15) is 4.79 Å². The number of amides is 1. The highest BCUT2D eigenvalue weighted by atomic mass is 32.3. The third-order valence-corrected chi connectivity index (χ3v) is 12.4. The molecule has 0 bridgehead atoms. The molecule has 240 valence electrons. The Bertz CT molecular complexity index is 1660. The highest BCUT2D eigenvalue weighted by Crippen LogP contribution is 2.49. The van der Waals surface area contributed by atoms with E-state index in [1.807, 2.05) is 37.4 Å². The molecule has 7 rings (SSSR count). The number of thiophene rings is 1. The first-order valence-electron chi connectivity index (χ1n) is 15.4. The monoisotopic (exact) mass is 663 g/mol. The molecule has 2 fully saturated rings. The van der Waals surface area contributed by atoms with Gasteiger partial charge in [0.1, 0.15) is 5.75 Å². The Morgan fingerprint density at radius 3 is 2.51 bits per heavy atom. The Hall–Kier alpha value is -3.02. The molecule has 7 nitrogen and oxygen atoms in total. The molecule has 1 saturated heterocycles. The summed E-state index contributed by atoms with van der Waals surface area (Å²) in [6, 6.07) is 18.5. The summed E-state index contributed by atoms with van der Waals surface area (Å²) in [4.78, 5) is 22.8. The molecule has 4 N–H and O–H groups in total. The van der Waals surface area contributed by atoms with E-state index in [4.69, 9.17) is 14.9 Å². The van der Waals surface area contributed by atoms with E-state index in [0.29, 0.717) is 11.3 Å². The molecular formula is C35H45N5O2S3. The van der Waals surface area contributed by atoms with Crippen LogP contribution in [0.25, 0.3) is 21.3 Å². The van der Waals surface area contributed by atoms with Crippen LogP contribution in [0, 0.1) is 6.92 Å². The van der Waals surface area contributed by atoms with Gasteiger partial charge in [0, 0.05) is 58.5 Å². The summed E-state index contributed by atoms with van der Waals surface area (Å²) in [7, 11) is 2.53. The second-order valence-electron chi connectivity index (χ2n) is 11.8. The van der Waals surface area contributed by atoms with E-state index in [-0.39, 0.29) is 5.91 Å². The molecule has 2 aromatic heterocycles. The second-order valence-corrected chi connectivity index (χ2v) is 15.9. The molecule has 10 heteroatoms. The average Bonchev–Trinajstić information content (AvgIpc) is 3.43. The number of ether oxygens (including phenoxy) is 1. The Morgan fingerprint density at radius 1 is 1.13 bits per heavy atom. The van der Waals surface area contributed by atoms with Crippen LogP contribution in [0.3, 0.4) is 0 Å². The van der Waals surface area contributed by atoms with Crippen molar-refractivity contribution in [2.45, 2.75) is 44.7 Å². The van der Waals surface area contributed by atoms with E-state index >= 15 is 0 Å². The third-order valence-electron chi connectivity index (χ3n) is 8.53. The van der Waals surface area contributed by atoms with Gasteiger partial charge < -0.3 is 15.0 Å². The molecule has 1 amide bonds. The van der Waals surface area contributed by atoms with Gasteiger partial charge in [0.25, 0.3) is 5.91 Å². The molecule has 3 aliphatic rings.